The first-order valence-electron chi connectivity index (χ1n) is 3.80. The molecule has 0 aromatic carbocycles. The SMILES string of the molecule is Nc1cnc(C(O)C(O)C(=O)O)c(Cl)n1. The summed E-state index contributed by atoms with van der Waals surface area (Å²) in [5.74, 6) is -1.56. The van der Waals surface area contributed by atoms with Crippen molar-refractivity contribution in [1.29, 1.82) is 0 Å². The van der Waals surface area contributed by atoms with E-state index < -0.39 is 18.2 Å². The van der Waals surface area contributed by atoms with Gasteiger partial charge in [0.05, 0.1) is 6.20 Å². The third-order valence-corrected chi connectivity index (χ3v) is 1.88. The topological polar surface area (TPSA) is 130 Å². The molecule has 7 nitrogen and oxygen atoms in total. The van der Waals surface area contributed by atoms with Crippen molar-refractivity contribution >= 4 is 23.4 Å². The molecule has 1 aromatic rings. The summed E-state index contributed by atoms with van der Waals surface area (Å²) in [5.41, 5.74) is 5.01. The molecule has 0 radical (unpaired) electrons. The van der Waals surface area contributed by atoms with Crippen LogP contribution in [0.5, 0.6) is 0 Å². The van der Waals surface area contributed by atoms with Crippen LogP contribution in [0.15, 0.2) is 6.20 Å². The standard InChI is InChI=1S/C7H8ClN3O4/c8-6-3(10-1-2(9)11-6)4(12)5(13)7(14)15/h1,4-5,12-13H,(H2,9,11)(H,14,15). The van der Waals surface area contributed by atoms with Crippen LogP contribution in [0.1, 0.15) is 11.8 Å². The Morgan fingerprint density at radius 2 is 2.13 bits per heavy atom. The van der Waals surface area contributed by atoms with Crippen molar-refractivity contribution in [2.75, 3.05) is 5.73 Å². The molecule has 0 aliphatic heterocycles. The molecule has 0 spiro atoms. The van der Waals surface area contributed by atoms with Crippen molar-refractivity contribution in [3.63, 3.8) is 0 Å². The predicted molar refractivity (Wildman–Crippen MR) is 50.1 cm³/mol. The fourth-order valence-electron chi connectivity index (χ4n) is 0.871. The molecule has 0 aliphatic carbocycles. The zero-order chi connectivity index (χ0) is 11.6. The molecule has 15 heavy (non-hydrogen) atoms. The number of aliphatic hydroxyl groups is 2. The smallest absolute Gasteiger partial charge is 0.335 e. The van der Waals surface area contributed by atoms with Crippen molar-refractivity contribution in [3.05, 3.63) is 17.0 Å². The van der Waals surface area contributed by atoms with Crippen LogP contribution in [-0.2, 0) is 4.79 Å². The Labute approximate surface area is 89.2 Å². The number of aromatic nitrogens is 2. The lowest BCUT2D eigenvalue weighted by Crippen LogP contribution is -2.28. The molecular formula is C7H8ClN3O4. The van der Waals surface area contributed by atoms with Crippen LogP contribution in [0.25, 0.3) is 0 Å². The monoisotopic (exact) mass is 233 g/mol. The van der Waals surface area contributed by atoms with Gasteiger partial charge in [0, 0.05) is 0 Å². The number of hydrogen-bond donors (Lipinski definition) is 4. The molecular weight excluding hydrogens is 226 g/mol. The second-order valence-corrected chi connectivity index (χ2v) is 3.06. The summed E-state index contributed by atoms with van der Waals surface area (Å²) in [6.45, 7) is 0. The number of carboxylic acids is 1. The number of anilines is 1. The summed E-state index contributed by atoms with van der Waals surface area (Å²) in [5, 5.41) is 26.6. The minimum atomic E-state index is -2.01. The molecule has 1 heterocycles. The third-order valence-electron chi connectivity index (χ3n) is 1.61. The van der Waals surface area contributed by atoms with Crippen molar-refractivity contribution in [1.82, 2.24) is 9.97 Å². The average Bonchev–Trinajstić information content (AvgIpc) is 2.15. The van der Waals surface area contributed by atoms with E-state index in [0.717, 1.165) is 6.20 Å². The summed E-state index contributed by atoms with van der Waals surface area (Å²) >= 11 is 5.56. The second kappa shape index (κ2) is 4.39. The van der Waals surface area contributed by atoms with Crippen LogP contribution in [0.2, 0.25) is 5.15 Å². The Bertz CT molecular complexity index is 386. The highest BCUT2D eigenvalue weighted by Crippen LogP contribution is 2.22. The average molecular weight is 234 g/mol. The minimum absolute atomic E-state index is 0.0285. The van der Waals surface area contributed by atoms with E-state index in [9.17, 15) is 9.90 Å². The van der Waals surface area contributed by atoms with Gasteiger partial charge in [0.1, 0.15) is 17.6 Å². The van der Waals surface area contributed by atoms with Gasteiger partial charge in [0.15, 0.2) is 11.3 Å². The van der Waals surface area contributed by atoms with Gasteiger partial charge in [-0.05, 0) is 0 Å². The number of aliphatic hydroxyl groups excluding tert-OH is 2. The summed E-state index contributed by atoms with van der Waals surface area (Å²) in [7, 11) is 0. The van der Waals surface area contributed by atoms with Crippen LogP contribution < -0.4 is 5.73 Å². The molecule has 5 N–H and O–H groups in total. The largest absolute Gasteiger partial charge is 0.479 e. The third kappa shape index (κ3) is 2.52. The molecule has 0 bridgehead atoms. The Hall–Kier alpha value is -1.44. The van der Waals surface area contributed by atoms with E-state index in [4.69, 9.17) is 27.5 Å². The molecule has 0 saturated carbocycles. The Morgan fingerprint density at radius 3 is 2.60 bits per heavy atom. The number of hydrogen-bond acceptors (Lipinski definition) is 6. The van der Waals surface area contributed by atoms with E-state index in [-0.39, 0.29) is 16.7 Å². The summed E-state index contributed by atoms with van der Waals surface area (Å²) in [6, 6.07) is 0. The molecule has 82 valence electrons. The highest BCUT2D eigenvalue weighted by molar-refractivity contribution is 6.30. The normalized spacial score (nSPS) is 14.6. The van der Waals surface area contributed by atoms with Crippen LogP contribution >= 0.6 is 11.6 Å². The zero-order valence-corrected chi connectivity index (χ0v) is 8.09. The van der Waals surface area contributed by atoms with Crippen molar-refractivity contribution in [3.8, 4) is 0 Å². The maximum absolute atomic E-state index is 10.4. The van der Waals surface area contributed by atoms with Gasteiger partial charge >= 0.3 is 5.97 Å². The van der Waals surface area contributed by atoms with Crippen molar-refractivity contribution in [2.45, 2.75) is 12.2 Å². The first-order chi connectivity index (χ1) is 6.93. The van der Waals surface area contributed by atoms with Gasteiger partial charge in [-0.2, -0.15) is 0 Å². The maximum Gasteiger partial charge on any atom is 0.335 e. The Morgan fingerprint density at radius 1 is 1.53 bits per heavy atom. The van der Waals surface area contributed by atoms with Crippen molar-refractivity contribution < 1.29 is 20.1 Å². The Kier molecular flexibility index (Phi) is 3.40. The maximum atomic E-state index is 10.4. The van der Waals surface area contributed by atoms with Gasteiger partial charge in [-0.3, -0.25) is 4.98 Å². The molecule has 1 aromatic heterocycles. The number of carboxylic acid groups (broad SMARTS) is 1. The molecule has 2 unspecified atom stereocenters. The van der Waals surface area contributed by atoms with Crippen molar-refractivity contribution in [2.24, 2.45) is 0 Å². The number of halogens is 1. The van der Waals surface area contributed by atoms with E-state index in [2.05, 4.69) is 9.97 Å². The van der Waals surface area contributed by atoms with E-state index in [0.29, 0.717) is 0 Å². The lowest BCUT2D eigenvalue weighted by atomic mass is 10.1. The van der Waals surface area contributed by atoms with Gasteiger partial charge in [0.2, 0.25) is 0 Å². The molecule has 0 saturated heterocycles. The van der Waals surface area contributed by atoms with Gasteiger partial charge in [-0.1, -0.05) is 11.6 Å². The first-order valence-corrected chi connectivity index (χ1v) is 4.18. The molecule has 0 aliphatic rings. The van der Waals surface area contributed by atoms with Gasteiger partial charge in [-0.25, -0.2) is 9.78 Å². The fraction of sp³-hybridized carbons (Fsp3) is 0.286. The van der Waals surface area contributed by atoms with Crippen LogP contribution in [0, 0.1) is 0 Å². The lowest BCUT2D eigenvalue weighted by molar-refractivity contribution is -0.153. The number of nitrogens with zero attached hydrogens (tertiary/aromatic N) is 2. The minimum Gasteiger partial charge on any atom is -0.479 e. The van der Waals surface area contributed by atoms with Gasteiger partial charge in [-0.15, -0.1) is 0 Å². The van der Waals surface area contributed by atoms with Crippen LogP contribution in [0.3, 0.4) is 0 Å². The van der Waals surface area contributed by atoms with Gasteiger partial charge in [0.25, 0.3) is 0 Å². The van der Waals surface area contributed by atoms with E-state index in [1.807, 2.05) is 0 Å². The highest BCUT2D eigenvalue weighted by Gasteiger charge is 2.28. The first kappa shape index (κ1) is 11.6. The molecule has 1 rings (SSSR count). The Balaban J connectivity index is 3.01. The quantitative estimate of drug-likeness (QED) is 0.537. The van der Waals surface area contributed by atoms with Crippen LogP contribution in [-0.4, -0.2) is 37.4 Å². The number of nitrogen functional groups attached to an aromatic ring is 1. The molecule has 8 heteroatoms. The zero-order valence-electron chi connectivity index (χ0n) is 7.33. The van der Waals surface area contributed by atoms with Crippen LogP contribution in [0.4, 0.5) is 5.82 Å². The molecule has 0 fully saturated rings. The second-order valence-electron chi connectivity index (χ2n) is 2.70. The van der Waals surface area contributed by atoms with Gasteiger partial charge < -0.3 is 21.1 Å². The molecule has 0 amide bonds. The highest BCUT2D eigenvalue weighted by atomic mass is 35.5. The number of rotatable bonds is 3. The predicted octanol–water partition coefficient (Wildman–Crippen LogP) is -0.809. The number of nitrogens with two attached hydrogens (primary N) is 1. The lowest BCUT2D eigenvalue weighted by Gasteiger charge is -2.13. The van der Waals surface area contributed by atoms with E-state index in [1.54, 1.807) is 0 Å². The molecule has 2 atom stereocenters. The fourth-order valence-corrected chi connectivity index (χ4v) is 1.13. The number of carbonyl (C=O) groups is 1. The summed E-state index contributed by atoms with van der Waals surface area (Å²) in [6.07, 6.45) is -2.66. The summed E-state index contributed by atoms with van der Waals surface area (Å²) < 4.78 is 0. The van der Waals surface area contributed by atoms with E-state index >= 15 is 0 Å². The number of aliphatic carboxylic acids is 1. The summed E-state index contributed by atoms with van der Waals surface area (Å²) in [4.78, 5) is 17.5. The van der Waals surface area contributed by atoms with E-state index in [1.165, 1.54) is 0 Å².